The van der Waals surface area contributed by atoms with Crippen LogP contribution in [0.4, 0.5) is 0 Å². The van der Waals surface area contributed by atoms with Crippen LogP contribution in [-0.2, 0) is 71.6 Å². The molecule has 4 saturated heterocycles. The van der Waals surface area contributed by atoms with Crippen LogP contribution in [0.2, 0.25) is 0 Å². The fourth-order valence-corrected chi connectivity index (χ4v) is 2.18. The van der Waals surface area contributed by atoms with Crippen molar-refractivity contribution in [2.24, 2.45) is 34.4 Å². The molecule has 261 valence electrons. The third kappa shape index (κ3) is 22.3. The molecule has 0 bridgehead atoms. The van der Waals surface area contributed by atoms with Gasteiger partial charge in [-0.2, -0.15) is 0 Å². The van der Waals surface area contributed by atoms with E-state index in [0.29, 0.717) is 39.3 Å². The Morgan fingerprint density at radius 2 is 0.444 bits per heavy atom. The third-order valence-corrected chi connectivity index (χ3v) is 3.70. The first-order chi connectivity index (χ1) is 19.7. The number of rotatable bonds is 3. The largest absolute Gasteiger partial charge is 2.00 e. The summed E-state index contributed by atoms with van der Waals surface area (Å²) in [7, 11) is -15.2. The molecule has 0 aromatic rings. The maximum Gasteiger partial charge on any atom is 2.00 e. The van der Waals surface area contributed by atoms with E-state index in [9.17, 15) is 0 Å². The van der Waals surface area contributed by atoms with Gasteiger partial charge in [-0.1, -0.05) is 0 Å². The minimum absolute atomic E-state index is 0. The molecule has 0 atom stereocenters. The van der Waals surface area contributed by atoms with Crippen LogP contribution < -0.4 is 34.4 Å². The van der Waals surface area contributed by atoms with Crippen molar-refractivity contribution in [3.05, 3.63) is 0 Å². The van der Waals surface area contributed by atoms with Crippen molar-refractivity contribution in [2.75, 3.05) is 39.3 Å². The van der Waals surface area contributed by atoms with Crippen LogP contribution in [0, 0.1) is 0 Å². The van der Waals surface area contributed by atoms with Gasteiger partial charge in [-0.25, -0.2) is 0 Å². The summed E-state index contributed by atoms with van der Waals surface area (Å²) in [5, 5.41) is 71.5. The molecule has 0 aromatic carbocycles. The zero-order valence-electron chi connectivity index (χ0n) is 23.3. The van der Waals surface area contributed by atoms with Crippen LogP contribution in [0.1, 0.15) is 0 Å². The minimum Gasteiger partial charge on any atom is -0.539 e. The van der Waals surface area contributed by atoms with Gasteiger partial charge in [0.2, 0.25) is 0 Å². The van der Waals surface area contributed by atoms with Gasteiger partial charge in [-0.3, -0.25) is 0 Å². The second-order valence-electron chi connectivity index (χ2n) is 6.98. The Balaban J connectivity index is -0.000000264. The van der Waals surface area contributed by atoms with E-state index >= 15 is 0 Å². The minimum atomic E-state index is -3.21. The van der Waals surface area contributed by atoms with Gasteiger partial charge in [0.25, 0.3) is 0 Å². The van der Waals surface area contributed by atoms with Gasteiger partial charge < -0.3 is 140 Å². The summed E-state index contributed by atoms with van der Waals surface area (Å²) in [5.41, 5.74) is 29.4. The second kappa shape index (κ2) is 27.9. The first kappa shape index (κ1) is 51.9. The topological polar surface area (TPSA) is 492 Å². The molecule has 4 fully saturated rings. The average molecular weight is 711 g/mol. The van der Waals surface area contributed by atoms with Gasteiger partial charge in [0.1, 0.15) is 0 Å². The Morgan fingerprint density at radius 3 is 0.533 bits per heavy atom. The molecule has 0 aliphatic carbocycles. The summed E-state index contributed by atoms with van der Waals surface area (Å²) in [6.07, 6.45) is 0. The molecule has 4 aliphatic rings. The monoisotopic (exact) mass is 713 g/mol. The first-order valence-corrected chi connectivity index (χ1v) is 11.7. The van der Waals surface area contributed by atoms with Crippen molar-refractivity contribution in [3.63, 3.8) is 0 Å². The molecule has 0 amide bonds. The average Bonchev–Trinajstić information content (AvgIpc) is 2.86. The summed E-state index contributed by atoms with van der Waals surface area (Å²) in [4.78, 5) is 0. The zero-order chi connectivity index (χ0) is 32.3. The fraction of sp³-hybridized carbons (Fsp3) is 1.00. The van der Waals surface area contributed by atoms with Gasteiger partial charge in [0.05, 0.1) is 0 Å². The number of hydrogen-bond donors (Lipinski definition) is 14. The zero-order valence-corrected chi connectivity index (χ0v) is 24.3. The second-order valence-corrected chi connectivity index (χ2v) is 6.98. The van der Waals surface area contributed by atoms with Crippen LogP contribution >= 0.6 is 0 Å². The summed E-state index contributed by atoms with van der Waals surface area (Å²) >= 11 is 0. The van der Waals surface area contributed by atoms with Crippen molar-refractivity contribution in [3.8, 4) is 0 Å². The van der Waals surface area contributed by atoms with Gasteiger partial charge in [-0.15, -0.1) is 0 Å². The van der Waals surface area contributed by atoms with Crippen LogP contribution in [-0.4, -0.2) is 163 Å². The first-order valence-electron chi connectivity index (χ1n) is 11.7. The molecular formula is C6H36B10CoN6O22. The molecule has 0 saturated carbocycles. The summed E-state index contributed by atoms with van der Waals surface area (Å²) in [6.45, 7) is -2.84. The maximum absolute atomic E-state index is 8.94. The van der Waals surface area contributed by atoms with E-state index in [2.05, 4.69) is 54.9 Å². The molecular weight excluding hydrogens is 675 g/mol. The van der Waals surface area contributed by atoms with Crippen molar-refractivity contribution in [1.82, 2.24) is 0 Å². The molecule has 1 radical (unpaired) electrons. The number of nitrogens with two attached hydrogens (primary N) is 6. The van der Waals surface area contributed by atoms with Gasteiger partial charge in [0.15, 0.2) is 0 Å². The molecule has 28 nitrogen and oxygen atoms in total. The molecule has 2 spiro atoms. The SMILES string of the molecule is NCCN.NCCN.NCCN.O.O.OB1OB(O)O[B-]2(O1)OB(O)OB(O)O2.OB1OB(O)O[B-]2(O1)OB(O)OB(O)O2.[Co+2]. The van der Waals surface area contributed by atoms with Crippen LogP contribution in [0.5, 0.6) is 0 Å². The van der Waals surface area contributed by atoms with E-state index in [1.54, 1.807) is 0 Å². The Morgan fingerprint density at radius 1 is 0.333 bits per heavy atom. The fourth-order valence-electron chi connectivity index (χ4n) is 2.18. The van der Waals surface area contributed by atoms with E-state index in [-0.39, 0.29) is 27.7 Å². The molecule has 0 aromatic heterocycles. The van der Waals surface area contributed by atoms with Crippen LogP contribution in [0.15, 0.2) is 0 Å². The molecule has 45 heavy (non-hydrogen) atoms. The Hall–Kier alpha value is 0.0358. The van der Waals surface area contributed by atoms with E-state index < -0.39 is 72.5 Å². The summed E-state index contributed by atoms with van der Waals surface area (Å²) in [5.74, 6) is 0. The van der Waals surface area contributed by atoms with Crippen molar-refractivity contribution in [1.29, 1.82) is 0 Å². The molecule has 4 aliphatic heterocycles. The Bertz CT molecular complexity index is 544. The Labute approximate surface area is 269 Å². The third-order valence-electron chi connectivity index (χ3n) is 3.70. The smallest absolute Gasteiger partial charge is 0.539 e. The summed E-state index contributed by atoms with van der Waals surface area (Å²) in [6, 6.07) is 0. The summed E-state index contributed by atoms with van der Waals surface area (Å²) < 4.78 is 52.8. The van der Waals surface area contributed by atoms with Crippen molar-refractivity contribution in [2.45, 2.75) is 0 Å². The van der Waals surface area contributed by atoms with E-state index in [1.807, 2.05) is 0 Å². The standard InChI is InChI=1S/3C2H8N2.2B5H4O10.Co.2H2O/c3*3-1-2-4;2*6-1-10-2(7)13-5(12-1)14-3(8)11-4(9)15-5;;;/h3*1-4H2;2*6-9H;;2*1H2/q;;;2*-1;+2;;. The van der Waals surface area contributed by atoms with Gasteiger partial charge in [-0.05, 0) is 0 Å². The van der Waals surface area contributed by atoms with E-state index in [4.69, 9.17) is 74.6 Å². The van der Waals surface area contributed by atoms with Crippen molar-refractivity contribution >= 4 is 72.5 Å². The van der Waals surface area contributed by atoms with Crippen molar-refractivity contribution < 1.29 is 123 Å². The predicted octanol–water partition coefficient (Wildman–Crippen LogP) is -14.0. The molecule has 39 heteroatoms. The molecule has 24 N–H and O–H groups in total. The molecule has 4 rings (SSSR count). The number of hydrogen-bond acceptors (Lipinski definition) is 26. The normalized spacial score (nSPS) is 19.6. The maximum atomic E-state index is 8.94. The molecule has 4 heterocycles. The quantitative estimate of drug-likeness (QED) is 0.121. The van der Waals surface area contributed by atoms with Crippen LogP contribution in [0.3, 0.4) is 0 Å². The van der Waals surface area contributed by atoms with Crippen LogP contribution in [0.25, 0.3) is 0 Å². The van der Waals surface area contributed by atoms with Gasteiger partial charge in [0, 0.05) is 39.3 Å². The molecule has 0 unspecified atom stereocenters. The van der Waals surface area contributed by atoms with E-state index in [0.717, 1.165) is 0 Å². The van der Waals surface area contributed by atoms with Gasteiger partial charge >= 0.3 is 89.3 Å². The Kier molecular flexibility index (Phi) is 32.2. The predicted molar refractivity (Wildman–Crippen MR) is 150 cm³/mol. The van der Waals surface area contributed by atoms with E-state index in [1.165, 1.54) is 0 Å².